The van der Waals surface area contributed by atoms with Crippen LogP contribution in [-0.4, -0.2) is 23.6 Å². The Morgan fingerprint density at radius 3 is 2.70 bits per heavy atom. The Labute approximate surface area is 174 Å². The molecule has 1 aromatic carbocycles. The predicted molar refractivity (Wildman–Crippen MR) is 117 cm³/mol. The Balaban J connectivity index is 1.87. The number of anilines is 1. The van der Waals surface area contributed by atoms with E-state index in [1.54, 1.807) is 30.5 Å². The Morgan fingerprint density at radius 1 is 1.19 bits per heavy atom. The van der Waals surface area contributed by atoms with Crippen LogP contribution in [0.1, 0.15) is 11.3 Å². The fourth-order valence-electron chi connectivity index (χ4n) is 2.92. The van der Waals surface area contributed by atoms with Crippen LogP contribution < -0.4 is 4.72 Å². The van der Waals surface area contributed by atoms with Crippen molar-refractivity contribution in [2.45, 2.75) is 18.7 Å². The summed E-state index contributed by atoms with van der Waals surface area (Å²) in [6.45, 7) is 3.81. The molecule has 0 atom stereocenters. The summed E-state index contributed by atoms with van der Waals surface area (Å²) in [7, 11) is -3.71. The Morgan fingerprint density at radius 2 is 2.00 bits per heavy atom. The van der Waals surface area contributed by atoms with Gasteiger partial charge in [0, 0.05) is 20.8 Å². The highest BCUT2D eigenvalue weighted by Crippen LogP contribution is 2.40. The van der Waals surface area contributed by atoms with Crippen molar-refractivity contribution in [2.24, 2.45) is 0 Å². The number of aromatic amines is 1. The zero-order valence-electron chi connectivity index (χ0n) is 14.4. The van der Waals surface area contributed by atoms with E-state index in [-0.39, 0.29) is 4.90 Å². The van der Waals surface area contributed by atoms with E-state index in [1.165, 1.54) is 11.3 Å². The maximum Gasteiger partial charge on any atom is 0.261 e. The number of hydrogen-bond donors (Lipinski definition) is 2. The van der Waals surface area contributed by atoms with Gasteiger partial charge in [0.15, 0.2) is 0 Å². The number of benzene rings is 1. The fraction of sp³-hybridized carbons (Fsp3) is 0.111. The molecule has 27 heavy (non-hydrogen) atoms. The third-order valence-corrected chi connectivity index (χ3v) is 7.36. The van der Waals surface area contributed by atoms with Crippen molar-refractivity contribution in [3.8, 4) is 10.6 Å². The number of thiophene rings is 1. The average molecular weight is 510 g/mol. The minimum Gasteiger partial charge on any atom is -0.285 e. The van der Waals surface area contributed by atoms with Gasteiger partial charge in [-0.15, -0.1) is 11.3 Å². The molecule has 0 amide bonds. The van der Waals surface area contributed by atoms with Crippen molar-refractivity contribution in [3.63, 3.8) is 0 Å². The van der Waals surface area contributed by atoms with E-state index in [4.69, 9.17) is 0 Å². The van der Waals surface area contributed by atoms with E-state index < -0.39 is 10.0 Å². The number of nitrogens with zero attached hydrogens (tertiary/aromatic N) is 2. The number of aromatic nitrogens is 3. The fourth-order valence-corrected chi connectivity index (χ4v) is 6.00. The molecule has 0 fully saturated rings. The minimum absolute atomic E-state index is 0.234. The molecule has 4 aromatic rings. The van der Waals surface area contributed by atoms with Crippen molar-refractivity contribution >= 4 is 59.9 Å². The lowest BCUT2D eigenvalue weighted by molar-refractivity contribution is 0.601. The second-order valence-corrected chi connectivity index (χ2v) is 10.00. The van der Waals surface area contributed by atoms with Crippen LogP contribution in [0.3, 0.4) is 0 Å². The quantitative estimate of drug-likeness (QED) is 0.390. The molecule has 6 nitrogen and oxygen atoms in total. The number of pyridine rings is 1. The SMILES string of the molecule is Cc1cc(NS(=O)(=O)c2cccc(I)c2)c2c(C)c(-c3cc[nH]n3)sc2n1. The maximum absolute atomic E-state index is 12.9. The number of fused-ring (bicyclic) bond motifs is 1. The summed E-state index contributed by atoms with van der Waals surface area (Å²) >= 11 is 3.60. The summed E-state index contributed by atoms with van der Waals surface area (Å²) in [4.78, 5) is 6.58. The molecule has 138 valence electrons. The number of rotatable bonds is 4. The van der Waals surface area contributed by atoms with E-state index in [9.17, 15) is 8.42 Å². The lowest BCUT2D eigenvalue weighted by atomic mass is 10.1. The average Bonchev–Trinajstić information content (AvgIpc) is 3.22. The van der Waals surface area contributed by atoms with Gasteiger partial charge < -0.3 is 0 Å². The second kappa shape index (κ2) is 6.88. The number of H-pyrrole nitrogens is 1. The van der Waals surface area contributed by atoms with Gasteiger partial charge in [0.1, 0.15) is 10.5 Å². The topological polar surface area (TPSA) is 87.7 Å². The molecule has 9 heteroatoms. The molecule has 2 N–H and O–H groups in total. The summed E-state index contributed by atoms with van der Waals surface area (Å²) in [5.74, 6) is 0. The summed E-state index contributed by atoms with van der Waals surface area (Å²) in [6.07, 6.45) is 1.76. The summed E-state index contributed by atoms with van der Waals surface area (Å²) in [5, 5.41) is 7.86. The van der Waals surface area contributed by atoms with Gasteiger partial charge in [0.05, 0.1) is 15.5 Å². The van der Waals surface area contributed by atoms with Crippen molar-refractivity contribution in [1.29, 1.82) is 0 Å². The first-order valence-electron chi connectivity index (χ1n) is 8.04. The highest BCUT2D eigenvalue weighted by Gasteiger charge is 2.21. The van der Waals surface area contributed by atoms with Gasteiger partial charge in [-0.1, -0.05) is 6.07 Å². The van der Waals surface area contributed by atoms with Gasteiger partial charge in [-0.05, 0) is 72.3 Å². The molecule has 0 radical (unpaired) electrons. The van der Waals surface area contributed by atoms with Crippen molar-refractivity contribution in [2.75, 3.05) is 4.72 Å². The van der Waals surface area contributed by atoms with Crippen LogP contribution in [0.25, 0.3) is 20.8 Å². The van der Waals surface area contributed by atoms with Crippen LogP contribution in [-0.2, 0) is 10.0 Å². The van der Waals surface area contributed by atoms with Gasteiger partial charge in [-0.3, -0.25) is 9.82 Å². The van der Waals surface area contributed by atoms with Crippen LogP contribution >= 0.6 is 33.9 Å². The zero-order chi connectivity index (χ0) is 19.2. The molecular weight excluding hydrogens is 495 g/mol. The summed E-state index contributed by atoms with van der Waals surface area (Å²) < 4.78 is 29.4. The van der Waals surface area contributed by atoms with Crippen LogP contribution in [0.4, 0.5) is 5.69 Å². The summed E-state index contributed by atoms with van der Waals surface area (Å²) in [6, 6.07) is 10.5. The molecule has 0 bridgehead atoms. The van der Waals surface area contributed by atoms with Crippen molar-refractivity contribution in [1.82, 2.24) is 15.2 Å². The molecule has 0 saturated heterocycles. The Bertz CT molecular complexity index is 1250. The maximum atomic E-state index is 12.9. The van der Waals surface area contributed by atoms with Crippen LogP contribution in [0.5, 0.6) is 0 Å². The smallest absolute Gasteiger partial charge is 0.261 e. The molecule has 0 unspecified atom stereocenters. The van der Waals surface area contributed by atoms with Crippen LogP contribution in [0.15, 0.2) is 47.5 Å². The monoisotopic (exact) mass is 510 g/mol. The normalized spacial score (nSPS) is 11.8. The highest BCUT2D eigenvalue weighted by atomic mass is 127. The van der Waals surface area contributed by atoms with Gasteiger partial charge >= 0.3 is 0 Å². The van der Waals surface area contributed by atoms with Crippen molar-refractivity contribution in [3.05, 3.63) is 57.4 Å². The third-order valence-electron chi connectivity index (χ3n) is 4.11. The predicted octanol–water partition coefficient (Wildman–Crippen LogP) is 4.71. The Hall–Kier alpha value is -1.98. The Kier molecular flexibility index (Phi) is 4.68. The first-order chi connectivity index (χ1) is 12.8. The molecular formula is C18H15IN4O2S2. The van der Waals surface area contributed by atoms with Gasteiger partial charge in [-0.25, -0.2) is 13.4 Å². The number of aryl methyl sites for hydroxylation is 2. The first-order valence-corrected chi connectivity index (χ1v) is 11.4. The lowest BCUT2D eigenvalue weighted by Crippen LogP contribution is -2.13. The van der Waals surface area contributed by atoms with Gasteiger partial charge in [0.2, 0.25) is 0 Å². The molecule has 0 aliphatic rings. The number of halogens is 1. The van der Waals surface area contributed by atoms with Gasteiger partial charge in [-0.2, -0.15) is 5.10 Å². The largest absolute Gasteiger partial charge is 0.285 e. The molecule has 3 heterocycles. The number of nitrogens with one attached hydrogen (secondary N) is 2. The highest BCUT2D eigenvalue weighted by molar-refractivity contribution is 14.1. The van der Waals surface area contributed by atoms with E-state index in [0.717, 1.165) is 35.6 Å². The molecule has 0 spiro atoms. The zero-order valence-corrected chi connectivity index (χ0v) is 18.2. The third kappa shape index (κ3) is 3.46. The summed E-state index contributed by atoms with van der Waals surface area (Å²) in [5.41, 5.74) is 3.05. The van der Waals surface area contributed by atoms with Crippen LogP contribution in [0.2, 0.25) is 0 Å². The molecule has 0 aliphatic carbocycles. The van der Waals surface area contributed by atoms with Crippen molar-refractivity contribution < 1.29 is 8.42 Å². The molecule has 0 saturated carbocycles. The molecule has 4 rings (SSSR count). The van der Waals surface area contributed by atoms with E-state index >= 15 is 0 Å². The standard InChI is InChI=1S/C18H15IN4O2S2/c1-10-8-15(23-27(24,25)13-5-3-4-12(19)9-13)16-11(2)17(26-18(16)21-10)14-6-7-20-22-14/h3-9H,1-2H3,(H,20,22)(H,21,23). The second-order valence-electron chi connectivity index (χ2n) is 6.07. The van der Waals surface area contributed by atoms with E-state index in [2.05, 4.69) is 42.5 Å². The van der Waals surface area contributed by atoms with Crippen LogP contribution in [0, 0.1) is 17.4 Å². The van der Waals surface area contributed by atoms with Gasteiger partial charge in [0.25, 0.3) is 10.0 Å². The number of hydrogen-bond acceptors (Lipinski definition) is 5. The van der Waals surface area contributed by atoms with E-state index in [1.807, 2.05) is 26.0 Å². The molecule has 0 aliphatic heterocycles. The molecule has 3 aromatic heterocycles. The van der Waals surface area contributed by atoms with E-state index in [0.29, 0.717) is 5.69 Å². The first kappa shape index (κ1) is 18.4. The number of sulfonamides is 1. The minimum atomic E-state index is -3.71. The lowest BCUT2D eigenvalue weighted by Gasteiger charge is -2.11.